The van der Waals surface area contributed by atoms with Crippen LogP contribution in [0.15, 0.2) is 19.8 Å². The molecule has 0 aliphatic heterocycles. The molecule has 0 radical (unpaired) electrons. The van der Waals surface area contributed by atoms with E-state index in [2.05, 4.69) is 36.0 Å². The number of alkyl carbamates (subject to hydrolysis) is 1. The number of methoxy groups -OCH3 is 1. The number of aromatic nitrogens is 2. The van der Waals surface area contributed by atoms with Crippen LogP contribution in [-0.2, 0) is 9.47 Å². The Balaban J connectivity index is 2.33. The summed E-state index contributed by atoms with van der Waals surface area (Å²) in [5.74, 6) is -0.320. The van der Waals surface area contributed by atoms with Crippen LogP contribution in [0.1, 0.15) is 64.0 Å². The topological polar surface area (TPSA) is 117 Å². The quantitative estimate of drug-likeness (QED) is 0.667. The van der Waals surface area contributed by atoms with Gasteiger partial charge < -0.3 is 23.6 Å². The third-order valence-corrected chi connectivity index (χ3v) is 4.02. The Morgan fingerprint density at radius 2 is 1.82 bits per heavy atom. The van der Waals surface area contributed by atoms with Crippen LogP contribution >= 0.6 is 15.9 Å². The molecular weight excluding hydrogens is 434 g/mol. The Kier molecular flexibility index (Phi) is 6.22. The first-order valence-corrected chi connectivity index (χ1v) is 9.31. The molecule has 9 nitrogen and oxygen atoms in total. The summed E-state index contributed by atoms with van der Waals surface area (Å²) in [5, 5.41) is 2.79. The molecule has 0 saturated carbocycles. The summed E-state index contributed by atoms with van der Waals surface area (Å²) >= 11 is 3.28. The number of amides is 1. The largest absolute Gasteiger partial charge is 0.464 e. The first kappa shape index (κ1) is 21.9. The van der Waals surface area contributed by atoms with E-state index in [0.29, 0.717) is 0 Å². The molecule has 0 aliphatic carbocycles. The highest BCUT2D eigenvalue weighted by Gasteiger charge is 2.35. The summed E-state index contributed by atoms with van der Waals surface area (Å²) in [7, 11) is 1.25. The van der Waals surface area contributed by atoms with Crippen molar-refractivity contribution >= 4 is 28.0 Å². The molecule has 0 spiro atoms. The van der Waals surface area contributed by atoms with Crippen LogP contribution in [0.5, 0.6) is 0 Å². The lowest BCUT2D eigenvalue weighted by atomic mass is 9.86. The summed E-state index contributed by atoms with van der Waals surface area (Å²) in [4.78, 5) is 32.3. The summed E-state index contributed by atoms with van der Waals surface area (Å²) in [6.07, 6.45) is 0.578. The highest BCUT2D eigenvalue weighted by atomic mass is 79.9. The predicted molar refractivity (Wildman–Crippen MR) is 103 cm³/mol. The number of hydrogen-bond donors (Lipinski definition) is 1. The van der Waals surface area contributed by atoms with Gasteiger partial charge in [0, 0.05) is 0 Å². The predicted octanol–water partition coefficient (Wildman–Crippen LogP) is 4.49. The smallest absolute Gasteiger partial charge is 0.408 e. The average molecular weight is 458 g/mol. The molecule has 28 heavy (non-hydrogen) atoms. The summed E-state index contributed by atoms with van der Waals surface area (Å²) < 4.78 is 21.2. The Hall–Kier alpha value is -2.36. The first-order chi connectivity index (χ1) is 12.8. The van der Waals surface area contributed by atoms with Crippen LogP contribution < -0.4 is 5.32 Å². The summed E-state index contributed by atoms with van der Waals surface area (Å²) in [5.41, 5.74) is -0.817. The van der Waals surface area contributed by atoms with E-state index in [1.54, 1.807) is 20.8 Å². The Bertz CT molecular complexity index is 860. The zero-order chi connectivity index (χ0) is 21.3. The van der Waals surface area contributed by atoms with Gasteiger partial charge in [-0.25, -0.2) is 19.6 Å². The Morgan fingerprint density at radius 3 is 2.36 bits per heavy atom. The monoisotopic (exact) mass is 457 g/mol. The number of nitrogens with one attached hydrogen (secondary N) is 1. The Labute approximate surface area is 171 Å². The minimum absolute atomic E-state index is 0.00759. The van der Waals surface area contributed by atoms with E-state index in [1.165, 1.54) is 13.4 Å². The van der Waals surface area contributed by atoms with Crippen LogP contribution in [0.4, 0.5) is 4.79 Å². The standard InChI is InChI=1S/C18H24BrN3O6/c1-17(2,3)11(22-16(24)28-18(4,5)6)14-21-10(12(19)27-14)13-20-9(8-26-13)15(23)25-7/h8,11H,1-7H3,(H,22,24)/t11-/m1/s1. The second kappa shape index (κ2) is 7.94. The molecule has 0 aliphatic rings. The molecule has 0 fully saturated rings. The number of carbonyl (C=O) groups is 2. The molecule has 2 heterocycles. The molecule has 1 N–H and O–H groups in total. The maximum absolute atomic E-state index is 12.3. The lowest BCUT2D eigenvalue weighted by molar-refractivity contribution is 0.0445. The fourth-order valence-electron chi connectivity index (χ4n) is 2.23. The second-order valence-electron chi connectivity index (χ2n) is 8.15. The highest BCUT2D eigenvalue weighted by molar-refractivity contribution is 9.10. The van der Waals surface area contributed by atoms with Gasteiger partial charge in [0.1, 0.15) is 17.9 Å². The van der Waals surface area contributed by atoms with Gasteiger partial charge in [-0.15, -0.1) is 0 Å². The Morgan fingerprint density at radius 1 is 1.18 bits per heavy atom. The number of rotatable bonds is 4. The normalized spacial score (nSPS) is 13.1. The average Bonchev–Trinajstić information content (AvgIpc) is 3.15. The van der Waals surface area contributed by atoms with Crippen molar-refractivity contribution in [2.75, 3.05) is 7.11 Å². The van der Waals surface area contributed by atoms with Gasteiger partial charge in [0.05, 0.1) is 7.11 Å². The maximum Gasteiger partial charge on any atom is 0.408 e. The number of carbonyl (C=O) groups excluding carboxylic acids is 2. The molecule has 0 aromatic carbocycles. The van der Waals surface area contributed by atoms with E-state index in [9.17, 15) is 9.59 Å². The van der Waals surface area contributed by atoms with Crippen LogP contribution in [0, 0.1) is 5.41 Å². The molecule has 0 unspecified atom stereocenters. The van der Waals surface area contributed by atoms with E-state index < -0.39 is 29.1 Å². The minimum atomic E-state index is -0.642. The number of hydrogen-bond acceptors (Lipinski definition) is 8. The van der Waals surface area contributed by atoms with Gasteiger partial charge in [-0.05, 0) is 42.1 Å². The maximum atomic E-state index is 12.3. The molecule has 2 aromatic rings. The number of ether oxygens (including phenoxy) is 2. The van der Waals surface area contributed by atoms with Crippen LogP contribution in [0.3, 0.4) is 0 Å². The van der Waals surface area contributed by atoms with Crippen LogP contribution in [0.2, 0.25) is 0 Å². The molecule has 154 valence electrons. The molecule has 1 atom stereocenters. The number of halogens is 1. The van der Waals surface area contributed by atoms with E-state index in [0.717, 1.165) is 0 Å². The van der Waals surface area contributed by atoms with Crippen LogP contribution in [-0.4, -0.2) is 34.7 Å². The summed E-state index contributed by atoms with van der Waals surface area (Å²) in [6, 6.07) is -0.595. The molecule has 2 aromatic heterocycles. The summed E-state index contributed by atoms with van der Waals surface area (Å²) in [6.45, 7) is 11.1. The van der Waals surface area contributed by atoms with Gasteiger partial charge in [-0.1, -0.05) is 20.8 Å². The van der Waals surface area contributed by atoms with Gasteiger partial charge >= 0.3 is 12.1 Å². The molecular formula is C18H24BrN3O6. The highest BCUT2D eigenvalue weighted by Crippen LogP contribution is 2.37. The van der Waals surface area contributed by atoms with Crippen LogP contribution in [0.25, 0.3) is 11.6 Å². The molecule has 1 amide bonds. The zero-order valence-corrected chi connectivity index (χ0v) is 18.5. The SMILES string of the molecule is COC(=O)c1coc(-c2nc([C@@H](NC(=O)OC(C)(C)C)C(C)(C)C)oc2Br)n1. The van der Waals surface area contributed by atoms with Crippen molar-refractivity contribution in [2.45, 2.75) is 53.2 Å². The van der Waals surface area contributed by atoms with Crippen molar-refractivity contribution in [3.8, 4) is 11.6 Å². The lowest BCUT2D eigenvalue weighted by Crippen LogP contribution is -2.40. The van der Waals surface area contributed by atoms with E-state index in [1.807, 2.05) is 20.8 Å². The van der Waals surface area contributed by atoms with Crippen molar-refractivity contribution in [3.05, 3.63) is 22.5 Å². The third-order valence-electron chi connectivity index (χ3n) is 3.48. The van der Waals surface area contributed by atoms with Crippen molar-refractivity contribution in [1.29, 1.82) is 0 Å². The zero-order valence-electron chi connectivity index (χ0n) is 16.9. The number of nitrogens with zero attached hydrogens (tertiary/aromatic N) is 2. The van der Waals surface area contributed by atoms with Crippen molar-refractivity contribution in [2.24, 2.45) is 5.41 Å². The van der Waals surface area contributed by atoms with Crippen molar-refractivity contribution in [1.82, 2.24) is 15.3 Å². The molecule has 0 saturated heterocycles. The van der Waals surface area contributed by atoms with Gasteiger partial charge in [0.25, 0.3) is 5.89 Å². The van der Waals surface area contributed by atoms with E-state index in [4.69, 9.17) is 13.6 Å². The number of esters is 1. The third kappa shape index (κ3) is 5.34. The van der Waals surface area contributed by atoms with E-state index in [-0.39, 0.29) is 27.8 Å². The lowest BCUT2D eigenvalue weighted by Gasteiger charge is -2.30. The fraction of sp³-hybridized carbons (Fsp3) is 0.556. The van der Waals surface area contributed by atoms with Crippen molar-refractivity contribution in [3.63, 3.8) is 0 Å². The second-order valence-corrected chi connectivity index (χ2v) is 8.87. The van der Waals surface area contributed by atoms with Gasteiger partial charge in [-0.3, -0.25) is 0 Å². The fourth-order valence-corrected chi connectivity index (χ4v) is 2.65. The van der Waals surface area contributed by atoms with Gasteiger partial charge in [0.15, 0.2) is 11.4 Å². The molecule has 0 bridgehead atoms. The van der Waals surface area contributed by atoms with Crippen molar-refractivity contribution < 1.29 is 27.9 Å². The van der Waals surface area contributed by atoms with E-state index >= 15 is 0 Å². The van der Waals surface area contributed by atoms with Gasteiger partial charge in [-0.2, -0.15) is 0 Å². The minimum Gasteiger partial charge on any atom is -0.464 e. The molecule has 2 rings (SSSR count). The van der Waals surface area contributed by atoms with Gasteiger partial charge in [0.2, 0.25) is 10.6 Å². The number of oxazole rings is 2. The molecule has 10 heteroatoms. The first-order valence-electron chi connectivity index (χ1n) is 8.52.